The Balaban J connectivity index is 1.10. The standard InChI is InChI=1S/C51H36N6S/c1-2-46-53-42-19-11-12-20-43(42)57(46)33-22-24-39-35(28-33)34-17-9-10-18-38(34)51(39)40-23-21-32(27-36(40)47-37-29-45(52)58-44(37)26-25-41(47)51)50-55-48(30-13-5-3-6-14-30)54-49(56-50)31-15-7-4-8-16-31/h3-29,46,53H,2,52H2,1H3. The summed E-state index contributed by atoms with van der Waals surface area (Å²) in [7, 11) is 0. The number of fused-ring (bicyclic) bond motifs is 13. The van der Waals surface area contributed by atoms with Gasteiger partial charge in [-0.3, -0.25) is 0 Å². The minimum Gasteiger partial charge on any atom is -0.391 e. The lowest BCUT2D eigenvalue weighted by Gasteiger charge is -2.31. The van der Waals surface area contributed by atoms with Crippen LogP contribution in [0.15, 0.2) is 164 Å². The van der Waals surface area contributed by atoms with Crippen LogP contribution in [0.3, 0.4) is 0 Å². The van der Waals surface area contributed by atoms with Gasteiger partial charge in [-0.25, -0.2) is 15.0 Å². The molecular weight excluding hydrogens is 729 g/mol. The summed E-state index contributed by atoms with van der Waals surface area (Å²) < 4.78 is 1.18. The van der Waals surface area contributed by atoms with E-state index < -0.39 is 5.41 Å². The first kappa shape index (κ1) is 33.1. The van der Waals surface area contributed by atoms with E-state index in [1.54, 1.807) is 11.3 Å². The van der Waals surface area contributed by atoms with Gasteiger partial charge in [0.15, 0.2) is 17.5 Å². The van der Waals surface area contributed by atoms with Crippen molar-refractivity contribution in [3.63, 3.8) is 0 Å². The van der Waals surface area contributed by atoms with Gasteiger partial charge in [-0.15, -0.1) is 11.3 Å². The van der Waals surface area contributed by atoms with Crippen LogP contribution in [-0.4, -0.2) is 21.1 Å². The van der Waals surface area contributed by atoms with Crippen LogP contribution in [0.25, 0.3) is 66.5 Å². The van der Waals surface area contributed by atoms with Crippen LogP contribution in [0.5, 0.6) is 0 Å². The molecule has 3 N–H and O–H groups in total. The van der Waals surface area contributed by atoms with E-state index in [9.17, 15) is 0 Å². The number of aromatic nitrogens is 3. The van der Waals surface area contributed by atoms with Gasteiger partial charge in [0.25, 0.3) is 0 Å². The fourth-order valence-corrected chi connectivity index (χ4v) is 10.7. The summed E-state index contributed by atoms with van der Waals surface area (Å²) in [6.07, 6.45) is 1.14. The van der Waals surface area contributed by atoms with Crippen LogP contribution in [0, 0.1) is 0 Å². The number of nitrogen functional groups attached to an aromatic ring is 1. The molecule has 276 valence electrons. The van der Waals surface area contributed by atoms with Gasteiger partial charge in [0.05, 0.1) is 21.8 Å². The van der Waals surface area contributed by atoms with Crippen molar-refractivity contribution in [2.24, 2.45) is 0 Å². The van der Waals surface area contributed by atoms with Gasteiger partial charge in [0, 0.05) is 32.5 Å². The van der Waals surface area contributed by atoms with Crippen molar-refractivity contribution in [1.29, 1.82) is 0 Å². The summed E-state index contributed by atoms with van der Waals surface area (Å²) in [5, 5.41) is 5.74. The maximum absolute atomic E-state index is 6.58. The van der Waals surface area contributed by atoms with Crippen molar-refractivity contribution in [3.05, 3.63) is 186 Å². The van der Waals surface area contributed by atoms with Gasteiger partial charge in [-0.1, -0.05) is 128 Å². The van der Waals surface area contributed by atoms with Crippen molar-refractivity contribution in [1.82, 2.24) is 15.0 Å². The second-order valence-corrected chi connectivity index (χ2v) is 16.4. The zero-order valence-corrected chi connectivity index (χ0v) is 32.5. The number of benzene rings is 7. The number of rotatable bonds is 5. The molecule has 3 aliphatic rings. The average molecular weight is 765 g/mol. The fourth-order valence-electron chi connectivity index (χ4n) is 9.86. The van der Waals surface area contributed by atoms with Crippen LogP contribution < -0.4 is 16.0 Å². The zero-order chi connectivity index (χ0) is 38.5. The van der Waals surface area contributed by atoms with Crippen LogP contribution >= 0.6 is 11.3 Å². The van der Waals surface area contributed by atoms with Gasteiger partial charge < -0.3 is 16.0 Å². The summed E-state index contributed by atoms with van der Waals surface area (Å²) in [5.74, 6) is 1.92. The molecule has 0 saturated heterocycles. The highest BCUT2D eigenvalue weighted by molar-refractivity contribution is 7.22. The van der Waals surface area contributed by atoms with Gasteiger partial charge in [-0.2, -0.15) is 0 Å². The molecule has 0 radical (unpaired) electrons. The number of hydrogen-bond donors (Lipinski definition) is 2. The molecule has 3 heterocycles. The third-order valence-electron chi connectivity index (χ3n) is 12.3. The second kappa shape index (κ2) is 12.5. The number of nitrogens with one attached hydrogen (secondary N) is 1. The Morgan fingerprint density at radius 3 is 1.97 bits per heavy atom. The van der Waals surface area contributed by atoms with E-state index in [4.69, 9.17) is 20.7 Å². The molecule has 1 aliphatic heterocycles. The largest absolute Gasteiger partial charge is 0.391 e. The van der Waals surface area contributed by atoms with Crippen LogP contribution in [0.1, 0.15) is 35.6 Å². The first-order chi connectivity index (χ1) is 28.6. The Kier molecular flexibility index (Phi) is 7.10. The van der Waals surface area contributed by atoms with Gasteiger partial charge in [-0.05, 0) is 93.4 Å². The quantitative estimate of drug-likeness (QED) is 0.182. The van der Waals surface area contributed by atoms with Crippen molar-refractivity contribution in [3.8, 4) is 56.4 Å². The van der Waals surface area contributed by atoms with E-state index in [1.165, 1.54) is 71.7 Å². The van der Waals surface area contributed by atoms with E-state index in [0.717, 1.165) is 28.1 Å². The zero-order valence-electron chi connectivity index (χ0n) is 31.6. The van der Waals surface area contributed by atoms with E-state index in [0.29, 0.717) is 17.5 Å². The normalized spacial score (nSPS) is 16.8. The molecule has 6 nitrogen and oxygen atoms in total. The molecule has 7 aromatic carbocycles. The number of thiophene rings is 1. The Bertz CT molecular complexity index is 3060. The number of anilines is 4. The lowest BCUT2D eigenvalue weighted by Crippen LogP contribution is -2.31. The molecule has 0 bridgehead atoms. The van der Waals surface area contributed by atoms with Gasteiger partial charge in [0.1, 0.15) is 6.17 Å². The highest BCUT2D eigenvalue weighted by atomic mass is 32.1. The summed E-state index contributed by atoms with van der Waals surface area (Å²) in [6, 6.07) is 58.7. The Hall–Kier alpha value is -7.09. The fraction of sp³-hybridized carbons (Fsp3) is 0.0784. The molecule has 0 saturated carbocycles. The minimum absolute atomic E-state index is 0.171. The molecule has 2 aliphatic carbocycles. The molecular formula is C51H36N6S. The second-order valence-electron chi connectivity index (χ2n) is 15.3. The first-order valence-corrected chi connectivity index (χ1v) is 20.7. The number of hydrogen-bond acceptors (Lipinski definition) is 7. The topological polar surface area (TPSA) is 80.0 Å². The molecule has 1 spiro atoms. The molecule has 0 amide bonds. The Morgan fingerprint density at radius 1 is 0.586 bits per heavy atom. The van der Waals surface area contributed by atoms with Gasteiger partial charge in [0.2, 0.25) is 0 Å². The molecule has 2 aromatic heterocycles. The van der Waals surface area contributed by atoms with Crippen molar-refractivity contribution < 1.29 is 0 Å². The SMILES string of the molecule is CCC1Nc2ccccc2N1c1ccc2c(c1)-c1ccccc1C21c2ccc(-c3nc(-c4ccccc4)nc(-c4ccccc4)n3)cc2-c2c1ccc1sc(N)cc21. The molecule has 9 aromatic rings. The molecule has 12 rings (SSSR count). The minimum atomic E-state index is -0.534. The third kappa shape index (κ3) is 4.62. The van der Waals surface area contributed by atoms with E-state index in [2.05, 4.69) is 145 Å². The molecule has 2 atom stereocenters. The number of nitrogens with zero attached hydrogens (tertiary/aromatic N) is 4. The predicted octanol–water partition coefficient (Wildman–Crippen LogP) is 12.3. The molecule has 0 fully saturated rings. The summed E-state index contributed by atoms with van der Waals surface area (Å²) in [5.41, 5.74) is 22.5. The lowest BCUT2D eigenvalue weighted by molar-refractivity contribution is 0.728. The Morgan fingerprint density at radius 2 is 1.21 bits per heavy atom. The predicted molar refractivity (Wildman–Crippen MR) is 239 cm³/mol. The van der Waals surface area contributed by atoms with Crippen LogP contribution in [0.2, 0.25) is 0 Å². The number of para-hydroxylation sites is 2. The number of nitrogens with two attached hydrogens (primary N) is 1. The summed E-state index contributed by atoms with van der Waals surface area (Å²) in [4.78, 5) is 17.7. The Labute approximate surface area is 340 Å². The van der Waals surface area contributed by atoms with Crippen LogP contribution in [0.4, 0.5) is 22.1 Å². The first-order valence-electron chi connectivity index (χ1n) is 19.8. The third-order valence-corrected chi connectivity index (χ3v) is 13.2. The van der Waals surface area contributed by atoms with Crippen molar-refractivity contribution in [2.45, 2.75) is 24.9 Å². The maximum Gasteiger partial charge on any atom is 0.164 e. The average Bonchev–Trinajstić information content (AvgIpc) is 4.02. The molecule has 7 heteroatoms. The van der Waals surface area contributed by atoms with E-state index in [-0.39, 0.29) is 6.17 Å². The smallest absolute Gasteiger partial charge is 0.164 e. The monoisotopic (exact) mass is 764 g/mol. The maximum atomic E-state index is 6.58. The molecule has 58 heavy (non-hydrogen) atoms. The molecule has 2 unspecified atom stereocenters. The van der Waals surface area contributed by atoms with E-state index >= 15 is 0 Å². The van der Waals surface area contributed by atoms with Crippen molar-refractivity contribution in [2.75, 3.05) is 16.0 Å². The van der Waals surface area contributed by atoms with Crippen molar-refractivity contribution >= 4 is 43.5 Å². The summed E-state index contributed by atoms with van der Waals surface area (Å²) >= 11 is 1.64. The van der Waals surface area contributed by atoms with E-state index in [1.807, 2.05) is 36.4 Å². The lowest BCUT2D eigenvalue weighted by atomic mass is 9.70. The highest BCUT2D eigenvalue weighted by Gasteiger charge is 2.52. The van der Waals surface area contributed by atoms with Gasteiger partial charge >= 0.3 is 0 Å². The summed E-state index contributed by atoms with van der Waals surface area (Å²) in [6.45, 7) is 2.24. The van der Waals surface area contributed by atoms with Crippen LogP contribution in [-0.2, 0) is 5.41 Å². The highest BCUT2D eigenvalue weighted by Crippen LogP contribution is 2.65.